The van der Waals surface area contributed by atoms with Gasteiger partial charge in [-0.3, -0.25) is 9.48 Å². The first kappa shape index (κ1) is 17.0. The standard InChI is InChI=1S/C17H23N3O3/c1-11(2)20-12(3)15(9-19-20)17(22)18-10-16(21)13-6-5-7-14(8-13)23-4/h5-9,11,16,21H,10H2,1-4H3,(H,18,22). The Hall–Kier alpha value is -2.34. The van der Waals surface area contributed by atoms with Gasteiger partial charge in [-0.1, -0.05) is 12.1 Å². The monoisotopic (exact) mass is 317 g/mol. The highest BCUT2D eigenvalue weighted by molar-refractivity contribution is 5.95. The molecule has 1 heterocycles. The van der Waals surface area contributed by atoms with Crippen molar-refractivity contribution in [2.45, 2.75) is 32.9 Å². The van der Waals surface area contributed by atoms with Crippen molar-refractivity contribution in [1.29, 1.82) is 0 Å². The second-order valence-electron chi connectivity index (χ2n) is 5.68. The van der Waals surface area contributed by atoms with E-state index in [2.05, 4.69) is 10.4 Å². The maximum Gasteiger partial charge on any atom is 0.254 e. The quantitative estimate of drug-likeness (QED) is 0.857. The number of hydrogen-bond acceptors (Lipinski definition) is 4. The van der Waals surface area contributed by atoms with Crippen LogP contribution in [0.25, 0.3) is 0 Å². The topological polar surface area (TPSA) is 76.4 Å². The molecule has 6 heteroatoms. The summed E-state index contributed by atoms with van der Waals surface area (Å²) in [6, 6.07) is 7.34. The van der Waals surface area contributed by atoms with Gasteiger partial charge in [0.25, 0.3) is 5.91 Å². The van der Waals surface area contributed by atoms with Gasteiger partial charge in [0.05, 0.1) is 25.0 Å². The molecule has 1 amide bonds. The third kappa shape index (κ3) is 3.90. The number of aliphatic hydroxyl groups excluding tert-OH is 1. The van der Waals surface area contributed by atoms with Gasteiger partial charge in [0.2, 0.25) is 0 Å². The van der Waals surface area contributed by atoms with Crippen molar-refractivity contribution in [3.05, 3.63) is 47.3 Å². The number of hydrogen-bond donors (Lipinski definition) is 2. The minimum absolute atomic E-state index is 0.123. The average Bonchev–Trinajstić information content (AvgIpc) is 2.94. The van der Waals surface area contributed by atoms with Crippen LogP contribution in [0, 0.1) is 6.92 Å². The highest BCUT2D eigenvalue weighted by atomic mass is 16.5. The number of aliphatic hydroxyl groups is 1. The molecule has 0 saturated carbocycles. The van der Waals surface area contributed by atoms with E-state index >= 15 is 0 Å². The van der Waals surface area contributed by atoms with Crippen LogP contribution in [0.4, 0.5) is 0 Å². The lowest BCUT2D eigenvalue weighted by Crippen LogP contribution is -2.28. The molecule has 1 unspecified atom stereocenters. The van der Waals surface area contributed by atoms with Crippen molar-refractivity contribution in [3.8, 4) is 5.75 Å². The molecule has 1 aromatic carbocycles. The van der Waals surface area contributed by atoms with Crippen molar-refractivity contribution in [1.82, 2.24) is 15.1 Å². The fraction of sp³-hybridized carbons (Fsp3) is 0.412. The third-order valence-electron chi connectivity index (χ3n) is 3.71. The molecule has 0 fully saturated rings. The number of methoxy groups -OCH3 is 1. The van der Waals surface area contributed by atoms with Gasteiger partial charge in [-0.15, -0.1) is 0 Å². The van der Waals surface area contributed by atoms with Crippen molar-refractivity contribution < 1.29 is 14.6 Å². The minimum Gasteiger partial charge on any atom is -0.497 e. The van der Waals surface area contributed by atoms with Gasteiger partial charge in [0.1, 0.15) is 5.75 Å². The first-order valence-corrected chi connectivity index (χ1v) is 7.58. The van der Waals surface area contributed by atoms with E-state index in [-0.39, 0.29) is 18.5 Å². The molecule has 2 aromatic rings. The molecule has 0 saturated heterocycles. The highest BCUT2D eigenvalue weighted by Crippen LogP contribution is 2.19. The van der Waals surface area contributed by atoms with Crippen LogP contribution in [0.1, 0.15) is 47.6 Å². The first-order chi connectivity index (χ1) is 10.9. The second-order valence-corrected chi connectivity index (χ2v) is 5.68. The Bertz CT molecular complexity index is 679. The predicted molar refractivity (Wildman–Crippen MR) is 87.6 cm³/mol. The van der Waals surface area contributed by atoms with Gasteiger partial charge in [0, 0.05) is 18.3 Å². The Morgan fingerprint density at radius 3 is 2.78 bits per heavy atom. The lowest BCUT2D eigenvalue weighted by molar-refractivity contribution is 0.0915. The molecular weight excluding hydrogens is 294 g/mol. The SMILES string of the molecule is COc1cccc(C(O)CNC(=O)c2cnn(C(C)C)c2C)c1. The van der Waals surface area contributed by atoms with Crippen LogP contribution in [0.5, 0.6) is 5.75 Å². The summed E-state index contributed by atoms with van der Waals surface area (Å²) >= 11 is 0. The molecule has 23 heavy (non-hydrogen) atoms. The lowest BCUT2D eigenvalue weighted by Gasteiger charge is -2.13. The third-order valence-corrected chi connectivity index (χ3v) is 3.71. The van der Waals surface area contributed by atoms with Crippen LogP contribution >= 0.6 is 0 Å². The summed E-state index contributed by atoms with van der Waals surface area (Å²) in [6.07, 6.45) is 0.761. The molecule has 0 spiro atoms. The van der Waals surface area contributed by atoms with E-state index in [1.807, 2.05) is 20.8 Å². The highest BCUT2D eigenvalue weighted by Gasteiger charge is 2.17. The van der Waals surface area contributed by atoms with Gasteiger partial charge in [-0.2, -0.15) is 5.10 Å². The number of amides is 1. The Balaban J connectivity index is 2.01. The van der Waals surface area contributed by atoms with Crippen LogP contribution in [0.3, 0.4) is 0 Å². The van der Waals surface area contributed by atoms with E-state index in [0.29, 0.717) is 16.9 Å². The Kier molecular flexibility index (Phi) is 5.39. The fourth-order valence-corrected chi connectivity index (χ4v) is 2.42. The zero-order valence-electron chi connectivity index (χ0n) is 13.9. The predicted octanol–water partition coefficient (Wildman–Crippen LogP) is 2.24. The van der Waals surface area contributed by atoms with E-state index < -0.39 is 6.10 Å². The molecule has 124 valence electrons. The maximum atomic E-state index is 12.3. The van der Waals surface area contributed by atoms with E-state index in [9.17, 15) is 9.90 Å². The van der Waals surface area contributed by atoms with E-state index in [4.69, 9.17) is 4.74 Å². The summed E-state index contributed by atoms with van der Waals surface area (Å²) in [7, 11) is 1.57. The summed E-state index contributed by atoms with van der Waals surface area (Å²) in [5.74, 6) is 0.429. The molecule has 0 aliphatic rings. The Morgan fingerprint density at radius 2 is 2.17 bits per heavy atom. The molecule has 0 radical (unpaired) electrons. The summed E-state index contributed by atoms with van der Waals surface area (Å²) in [5, 5.41) is 17.2. The van der Waals surface area contributed by atoms with Crippen molar-refractivity contribution in [2.75, 3.05) is 13.7 Å². The van der Waals surface area contributed by atoms with Crippen molar-refractivity contribution in [3.63, 3.8) is 0 Å². The lowest BCUT2D eigenvalue weighted by atomic mass is 10.1. The fourth-order valence-electron chi connectivity index (χ4n) is 2.42. The number of nitrogens with one attached hydrogen (secondary N) is 1. The molecular formula is C17H23N3O3. The summed E-state index contributed by atoms with van der Waals surface area (Å²) < 4.78 is 6.93. The second kappa shape index (κ2) is 7.28. The molecule has 2 N–H and O–H groups in total. The van der Waals surface area contributed by atoms with Crippen LogP contribution in [-0.4, -0.2) is 34.4 Å². The van der Waals surface area contributed by atoms with E-state index in [1.165, 1.54) is 0 Å². The average molecular weight is 317 g/mol. The van der Waals surface area contributed by atoms with Crippen molar-refractivity contribution in [2.24, 2.45) is 0 Å². The first-order valence-electron chi connectivity index (χ1n) is 7.58. The summed E-state index contributed by atoms with van der Waals surface area (Å²) in [6.45, 7) is 6.00. The zero-order chi connectivity index (χ0) is 17.0. The normalized spacial score (nSPS) is 12.3. The number of carbonyl (C=O) groups excluding carboxylic acids is 1. The van der Waals surface area contributed by atoms with E-state index in [0.717, 1.165) is 5.69 Å². The van der Waals surface area contributed by atoms with Crippen LogP contribution in [0.2, 0.25) is 0 Å². The molecule has 1 aromatic heterocycles. The minimum atomic E-state index is -0.797. The largest absolute Gasteiger partial charge is 0.497 e. The molecule has 6 nitrogen and oxygen atoms in total. The summed E-state index contributed by atoms with van der Waals surface area (Å²) in [4.78, 5) is 12.3. The van der Waals surface area contributed by atoms with Crippen LogP contribution in [0.15, 0.2) is 30.5 Å². The molecule has 1 atom stereocenters. The number of nitrogens with zero attached hydrogens (tertiary/aromatic N) is 2. The van der Waals surface area contributed by atoms with Gasteiger partial charge in [-0.05, 0) is 38.5 Å². The molecule has 0 aliphatic heterocycles. The molecule has 0 aliphatic carbocycles. The number of carbonyl (C=O) groups is 1. The number of rotatable bonds is 6. The van der Waals surface area contributed by atoms with Gasteiger partial charge in [0.15, 0.2) is 0 Å². The summed E-state index contributed by atoms with van der Waals surface area (Å²) in [5.41, 5.74) is 2.03. The smallest absolute Gasteiger partial charge is 0.254 e. The van der Waals surface area contributed by atoms with Gasteiger partial charge in [-0.25, -0.2) is 0 Å². The number of ether oxygens (including phenoxy) is 1. The van der Waals surface area contributed by atoms with Crippen LogP contribution < -0.4 is 10.1 Å². The number of aromatic nitrogens is 2. The van der Waals surface area contributed by atoms with Gasteiger partial charge >= 0.3 is 0 Å². The van der Waals surface area contributed by atoms with E-state index in [1.54, 1.807) is 42.3 Å². The molecule has 2 rings (SSSR count). The van der Waals surface area contributed by atoms with Crippen molar-refractivity contribution >= 4 is 5.91 Å². The van der Waals surface area contributed by atoms with Gasteiger partial charge < -0.3 is 15.2 Å². The maximum absolute atomic E-state index is 12.3. The molecule has 0 bridgehead atoms. The zero-order valence-corrected chi connectivity index (χ0v) is 13.9. The Labute approximate surface area is 136 Å². The number of benzene rings is 1. The Morgan fingerprint density at radius 1 is 1.43 bits per heavy atom. The van der Waals surface area contributed by atoms with Crippen LogP contribution in [-0.2, 0) is 0 Å².